The summed E-state index contributed by atoms with van der Waals surface area (Å²) in [5.74, 6) is 1.35. The minimum absolute atomic E-state index is 0.0590. The van der Waals surface area contributed by atoms with Crippen molar-refractivity contribution in [1.82, 2.24) is 4.90 Å². The Bertz CT molecular complexity index is 455. The van der Waals surface area contributed by atoms with Gasteiger partial charge < -0.3 is 15.4 Å². The summed E-state index contributed by atoms with van der Waals surface area (Å²) in [4.78, 5) is 14.3. The fourth-order valence-electron chi connectivity index (χ4n) is 2.39. The fourth-order valence-corrected chi connectivity index (χ4v) is 2.39. The summed E-state index contributed by atoms with van der Waals surface area (Å²) < 4.78 is 5.11. The van der Waals surface area contributed by atoms with Gasteiger partial charge in [0.25, 0.3) is 5.91 Å². The normalized spacial score (nSPS) is 14.8. The van der Waals surface area contributed by atoms with Crippen molar-refractivity contribution in [3.8, 4) is 5.75 Å². The zero-order valence-electron chi connectivity index (χ0n) is 11.7. The van der Waals surface area contributed by atoms with Crippen LogP contribution in [-0.4, -0.2) is 31.0 Å². The van der Waals surface area contributed by atoms with Crippen molar-refractivity contribution in [3.05, 3.63) is 23.8 Å². The number of carbonyl (C=O) groups is 1. The van der Waals surface area contributed by atoms with Crippen molar-refractivity contribution in [3.63, 3.8) is 0 Å². The maximum atomic E-state index is 12.4. The van der Waals surface area contributed by atoms with Gasteiger partial charge in [0.1, 0.15) is 5.75 Å². The second kappa shape index (κ2) is 5.95. The molecule has 104 valence electrons. The third kappa shape index (κ3) is 3.00. The van der Waals surface area contributed by atoms with Gasteiger partial charge >= 0.3 is 0 Å². The molecule has 0 radical (unpaired) electrons. The molecule has 0 atom stereocenters. The number of nitrogen functional groups attached to an aromatic ring is 1. The third-order valence-corrected chi connectivity index (χ3v) is 3.85. The number of hydrogen-bond donors (Lipinski definition) is 1. The Kier molecular flexibility index (Phi) is 4.30. The lowest BCUT2D eigenvalue weighted by atomic mass is 9.85. The van der Waals surface area contributed by atoms with Crippen LogP contribution in [0.25, 0.3) is 0 Å². The van der Waals surface area contributed by atoms with Gasteiger partial charge in [0.05, 0.1) is 12.8 Å². The van der Waals surface area contributed by atoms with Gasteiger partial charge in [-0.2, -0.15) is 0 Å². The molecule has 0 heterocycles. The van der Waals surface area contributed by atoms with Gasteiger partial charge in [0.15, 0.2) is 0 Å². The molecule has 4 heteroatoms. The van der Waals surface area contributed by atoms with E-state index in [4.69, 9.17) is 10.5 Å². The smallest absolute Gasteiger partial charge is 0.253 e. The monoisotopic (exact) mass is 262 g/mol. The van der Waals surface area contributed by atoms with Crippen molar-refractivity contribution < 1.29 is 9.53 Å². The first-order valence-electron chi connectivity index (χ1n) is 6.88. The topological polar surface area (TPSA) is 55.6 Å². The minimum Gasteiger partial charge on any atom is -0.495 e. The number of hydrogen-bond acceptors (Lipinski definition) is 3. The number of anilines is 1. The molecule has 0 unspecified atom stereocenters. The number of carbonyl (C=O) groups excluding carboxylic acids is 1. The van der Waals surface area contributed by atoms with Crippen LogP contribution in [0.3, 0.4) is 0 Å². The molecule has 1 aliphatic carbocycles. The number of amides is 1. The van der Waals surface area contributed by atoms with Crippen LogP contribution in [0.2, 0.25) is 0 Å². The second-order valence-electron chi connectivity index (χ2n) is 5.10. The Morgan fingerprint density at radius 2 is 2.21 bits per heavy atom. The molecule has 0 spiro atoms. The highest BCUT2D eigenvalue weighted by atomic mass is 16.5. The van der Waals surface area contributed by atoms with E-state index < -0.39 is 0 Å². The van der Waals surface area contributed by atoms with Gasteiger partial charge in [-0.3, -0.25) is 4.79 Å². The molecule has 1 aliphatic rings. The highest BCUT2D eigenvalue weighted by Gasteiger charge is 2.23. The molecular formula is C15H22N2O2. The van der Waals surface area contributed by atoms with Crippen LogP contribution in [0.5, 0.6) is 5.75 Å². The Hall–Kier alpha value is -1.71. The van der Waals surface area contributed by atoms with Crippen molar-refractivity contribution in [1.29, 1.82) is 0 Å². The molecular weight excluding hydrogens is 240 g/mol. The Balaban J connectivity index is 2.09. The molecule has 0 saturated heterocycles. The lowest BCUT2D eigenvalue weighted by Gasteiger charge is -2.32. The number of nitrogens with zero attached hydrogens (tertiary/aromatic N) is 1. The van der Waals surface area contributed by atoms with E-state index in [2.05, 4.69) is 0 Å². The number of rotatable bonds is 5. The molecule has 4 nitrogen and oxygen atoms in total. The minimum atomic E-state index is 0.0590. The average molecular weight is 262 g/mol. The lowest BCUT2D eigenvalue weighted by molar-refractivity contribution is 0.0706. The van der Waals surface area contributed by atoms with Crippen molar-refractivity contribution in [2.45, 2.75) is 26.2 Å². The molecule has 1 amide bonds. The lowest BCUT2D eigenvalue weighted by Crippen LogP contribution is -2.37. The van der Waals surface area contributed by atoms with Crippen LogP contribution in [0.4, 0.5) is 5.69 Å². The largest absolute Gasteiger partial charge is 0.495 e. The van der Waals surface area contributed by atoms with E-state index in [1.54, 1.807) is 25.3 Å². The van der Waals surface area contributed by atoms with Gasteiger partial charge in [-0.05, 0) is 43.9 Å². The Labute approximate surface area is 114 Å². The van der Waals surface area contributed by atoms with Crippen LogP contribution in [0.15, 0.2) is 18.2 Å². The first-order valence-corrected chi connectivity index (χ1v) is 6.88. The van der Waals surface area contributed by atoms with Crippen molar-refractivity contribution in [2.24, 2.45) is 5.92 Å². The van der Waals surface area contributed by atoms with Gasteiger partial charge in [0.2, 0.25) is 0 Å². The van der Waals surface area contributed by atoms with Crippen LogP contribution >= 0.6 is 0 Å². The molecule has 1 aromatic rings. The summed E-state index contributed by atoms with van der Waals surface area (Å²) >= 11 is 0. The zero-order chi connectivity index (χ0) is 13.8. The Morgan fingerprint density at radius 3 is 2.68 bits per heavy atom. The van der Waals surface area contributed by atoms with Gasteiger partial charge in [-0.25, -0.2) is 0 Å². The van der Waals surface area contributed by atoms with E-state index in [0.29, 0.717) is 22.9 Å². The summed E-state index contributed by atoms with van der Waals surface area (Å²) in [6.07, 6.45) is 3.79. The molecule has 1 fully saturated rings. The van der Waals surface area contributed by atoms with Gasteiger partial charge in [-0.1, -0.05) is 6.42 Å². The summed E-state index contributed by atoms with van der Waals surface area (Å²) in [5, 5.41) is 0. The molecule has 19 heavy (non-hydrogen) atoms. The van der Waals surface area contributed by atoms with E-state index in [-0.39, 0.29) is 5.91 Å². The van der Waals surface area contributed by atoms with E-state index in [9.17, 15) is 4.79 Å². The van der Waals surface area contributed by atoms with Crippen LogP contribution in [0, 0.1) is 5.92 Å². The Morgan fingerprint density at radius 1 is 1.47 bits per heavy atom. The second-order valence-corrected chi connectivity index (χ2v) is 5.10. The number of nitrogens with two attached hydrogens (primary N) is 1. The predicted octanol–water partition coefficient (Wildman–Crippen LogP) is 2.54. The maximum Gasteiger partial charge on any atom is 0.253 e. The first-order chi connectivity index (χ1) is 9.15. The molecule has 1 aromatic carbocycles. The summed E-state index contributed by atoms with van der Waals surface area (Å²) in [6, 6.07) is 5.23. The molecule has 2 N–H and O–H groups in total. The number of methoxy groups -OCH3 is 1. The average Bonchev–Trinajstić information content (AvgIpc) is 2.37. The van der Waals surface area contributed by atoms with Gasteiger partial charge in [-0.15, -0.1) is 0 Å². The van der Waals surface area contributed by atoms with Gasteiger partial charge in [0, 0.05) is 18.7 Å². The standard InChI is InChI=1S/C15H22N2O2/c1-3-17(10-11-5-4-6-11)15(18)12-7-8-14(19-2)13(16)9-12/h7-9,11H,3-6,10,16H2,1-2H3. The third-order valence-electron chi connectivity index (χ3n) is 3.85. The highest BCUT2D eigenvalue weighted by molar-refractivity contribution is 5.95. The summed E-state index contributed by atoms with van der Waals surface area (Å²) in [6.45, 7) is 3.62. The van der Waals surface area contributed by atoms with E-state index in [1.807, 2.05) is 11.8 Å². The molecule has 2 rings (SSSR count). The van der Waals surface area contributed by atoms with E-state index in [1.165, 1.54) is 19.3 Å². The molecule has 1 saturated carbocycles. The SMILES string of the molecule is CCN(CC1CCC1)C(=O)c1ccc(OC)c(N)c1. The fraction of sp³-hybridized carbons (Fsp3) is 0.533. The highest BCUT2D eigenvalue weighted by Crippen LogP contribution is 2.28. The molecule has 0 aromatic heterocycles. The van der Waals surface area contributed by atoms with Crippen molar-refractivity contribution >= 4 is 11.6 Å². The summed E-state index contributed by atoms with van der Waals surface area (Å²) in [7, 11) is 1.57. The number of ether oxygens (including phenoxy) is 1. The molecule has 0 bridgehead atoms. The van der Waals surface area contributed by atoms with E-state index in [0.717, 1.165) is 13.1 Å². The van der Waals surface area contributed by atoms with Crippen LogP contribution < -0.4 is 10.5 Å². The van der Waals surface area contributed by atoms with E-state index >= 15 is 0 Å². The van der Waals surface area contributed by atoms with Crippen LogP contribution in [0.1, 0.15) is 36.5 Å². The predicted molar refractivity (Wildman–Crippen MR) is 76.3 cm³/mol. The number of benzene rings is 1. The first kappa shape index (κ1) is 13.7. The molecule has 0 aliphatic heterocycles. The van der Waals surface area contributed by atoms with Crippen LogP contribution in [-0.2, 0) is 0 Å². The maximum absolute atomic E-state index is 12.4. The van der Waals surface area contributed by atoms with Crippen molar-refractivity contribution in [2.75, 3.05) is 25.9 Å². The quantitative estimate of drug-likeness (QED) is 0.830. The summed E-state index contributed by atoms with van der Waals surface area (Å²) in [5.41, 5.74) is 7.00. The zero-order valence-corrected chi connectivity index (χ0v) is 11.7.